The van der Waals surface area contributed by atoms with Gasteiger partial charge in [-0.05, 0) is 48.2 Å². The van der Waals surface area contributed by atoms with E-state index in [-0.39, 0.29) is 16.9 Å². The van der Waals surface area contributed by atoms with Crippen molar-refractivity contribution >= 4 is 9.47 Å². The van der Waals surface area contributed by atoms with Crippen LogP contribution in [0.15, 0.2) is 48.5 Å². The van der Waals surface area contributed by atoms with Gasteiger partial charge in [-0.25, -0.2) is 0 Å². The van der Waals surface area contributed by atoms with E-state index in [4.69, 9.17) is 4.52 Å². The SMILES string of the molecule is CC(CCCOP)(c1ccc(O)cc1)c1ccc(O)cc1. The number of hydrogen-bond acceptors (Lipinski definition) is 3. The molecule has 0 aliphatic heterocycles. The second-order valence-electron chi connectivity index (χ2n) is 5.40. The van der Waals surface area contributed by atoms with Crippen LogP contribution in [0, 0.1) is 0 Å². The molecular formula is C17H21O3P. The van der Waals surface area contributed by atoms with Crippen molar-refractivity contribution in [1.29, 1.82) is 0 Å². The maximum atomic E-state index is 9.49. The molecule has 0 aromatic heterocycles. The molecule has 112 valence electrons. The third-order valence-corrected chi connectivity index (χ3v) is 4.18. The lowest BCUT2D eigenvalue weighted by Gasteiger charge is -2.31. The van der Waals surface area contributed by atoms with Gasteiger partial charge in [0, 0.05) is 14.9 Å². The largest absolute Gasteiger partial charge is 0.508 e. The number of phenolic OH excluding ortho intramolecular Hbond substituents is 2. The summed E-state index contributed by atoms with van der Waals surface area (Å²) in [6.45, 7) is 2.85. The van der Waals surface area contributed by atoms with Gasteiger partial charge in [0.15, 0.2) is 0 Å². The molecule has 2 aromatic rings. The third kappa shape index (κ3) is 3.75. The molecule has 3 nitrogen and oxygen atoms in total. The molecule has 1 unspecified atom stereocenters. The highest BCUT2D eigenvalue weighted by atomic mass is 31.0. The van der Waals surface area contributed by atoms with E-state index >= 15 is 0 Å². The third-order valence-electron chi connectivity index (χ3n) is 3.95. The summed E-state index contributed by atoms with van der Waals surface area (Å²) in [6, 6.07) is 14.6. The Morgan fingerprint density at radius 2 is 1.33 bits per heavy atom. The van der Waals surface area contributed by atoms with Crippen LogP contribution in [0.3, 0.4) is 0 Å². The monoisotopic (exact) mass is 304 g/mol. The Bertz CT molecular complexity index is 518. The van der Waals surface area contributed by atoms with Gasteiger partial charge in [0.2, 0.25) is 0 Å². The lowest BCUT2D eigenvalue weighted by atomic mass is 9.73. The van der Waals surface area contributed by atoms with Crippen LogP contribution in [0.1, 0.15) is 30.9 Å². The molecular weight excluding hydrogens is 283 g/mol. The van der Waals surface area contributed by atoms with Crippen LogP contribution in [0.5, 0.6) is 11.5 Å². The Kier molecular flexibility index (Phi) is 5.22. The Morgan fingerprint density at radius 3 is 1.71 bits per heavy atom. The number of rotatable bonds is 6. The number of hydrogen-bond donors (Lipinski definition) is 2. The molecule has 0 fully saturated rings. The first-order valence-electron chi connectivity index (χ1n) is 6.97. The van der Waals surface area contributed by atoms with Crippen LogP contribution >= 0.6 is 9.47 Å². The Balaban J connectivity index is 2.37. The zero-order valence-electron chi connectivity index (χ0n) is 12.1. The standard InChI is InChI=1S/C17H21O3P/c1-17(11-2-12-20-21,13-3-7-15(18)8-4-13)14-5-9-16(19)10-6-14/h3-10,18-19H,2,11-12,21H2,1H3. The van der Waals surface area contributed by atoms with Gasteiger partial charge in [0.05, 0.1) is 6.61 Å². The average molecular weight is 304 g/mol. The highest BCUT2D eigenvalue weighted by molar-refractivity contribution is 7.09. The average Bonchev–Trinajstić information content (AvgIpc) is 2.48. The molecule has 2 aromatic carbocycles. The van der Waals surface area contributed by atoms with Gasteiger partial charge in [-0.3, -0.25) is 0 Å². The number of benzene rings is 2. The van der Waals surface area contributed by atoms with E-state index in [2.05, 4.69) is 16.4 Å². The van der Waals surface area contributed by atoms with Crippen LogP contribution in [0.4, 0.5) is 0 Å². The summed E-state index contributed by atoms with van der Waals surface area (Å²) in [5.41, 5.74) is 2.08. The summed E-state index contributed by atoms with van der Waals surface area (Å²) < 4.78 is 5.08. The molecule has 4 heteroatoms. The molecule has 0 saturated carbocycles. The minimum absolute atomic E-state index is 0.190. The molecule has 0 radical (unpaired) electrons. The van der Waals surface area contributed by atoms with Crippen molar-refractivity contribution in [3.8, 4) is 11.5 Å². The number of phenols is 2. The predicted molar refractivity (Wildman–Crippen MR) is 87.6 cm³/mol. The molecule has 1 atom stereocenters. The molecule has 2 rings (SSSR count). The van der Waals surface area contributed by atoms with E-state index in [1.54, 1.807) is 24.3 Å². The Labute approximate surface area is 127 Å². The molecule has 0 aliphatic carbocycles. The van der Waals surface area contributed by atoms with Gasteiger partial charge in [-0.1, -0.05) is 31.2 Å². The lowest BCUT2D eigenvalue weighted by Crippen LogP contribution is -2.24. The zero-order valence-corrected chi connectivity index (χ0v) is 13.3. The van der Waals surface area contributed by atoms with E-state index in [9.17, 15) is 10.2 Å². The summed E-state index contributed by atoms with van der Waals surface area (Å²) in [5, 5.41) is 19.0. The molecule has 0 bridgehead atoms. The van der Waals surface area contributed by atoms with Crippen molar-refractivity contribution in [3.05, 3.63) is 59.7 Å². The van der Waals surface area contributed by atoms with Gasteiger partial charge in [-0.2, -0.15) is 0 Å². The van der Waals surface area contributed by atoms with E-state index in [0.717, 1.165) is 24.0 Å². The summed E-state index contributed by atoms with van der Waals surface area (Å²) in [7, 11) is 2.27. The van der Waals surface area contributed by atoms with Gasteiger partial charge >= 0.3 is 0 Å². The highest BCUT2D eigenvalue weighted by Gasteiger charge is 2.28. The quantitative estimate of drug-likeness (QED) is 0.626. The van der Waals surface area contributed by atoms with E-state index in [1.165, 1.54) is 0 Å². The van der Waals surface area contributed by atoms with E-state index < -0.39 is 0 Å². The van der Waals surface area contributed by atoms with Gasteiger partial charge in [0.25, 0.3) is 0 Å². The van der Waals surface area contributed by atoms with Crippen LogP contribution in [-0.2, 0) is 9.94 Å². The maximum absolute atomic E-state index is 9.49. The van der Waals surface area contributed by atoms with Gasteiger partial charge < -0.3 is 14.7 Å². The first-order valence-corrected chi connectivity index (χ1v) is 7.44. The summed E-state index contributed by atoms with van der Waals surface area (Å²) in [6.07, 6.45) is 1.83. The van der Waals surface area contributed by atoms with Crippen molar-refractivity contribution in [1.82, 2.24) is 0 Å². The van der Waals surface area contributed by atoms with Gasteiger partial charge in [0.1, 0.15) is 11.5 Å². The molecule has 0 heterocycles. The van der Waals surface area contributed by atoms with Crippen LogP contribution in [0.25, 0.3) is 0 Å². The first-order chi connectivity index (χ1) is 10.1. The molecule has 2 N–H and O–H groups in total. The summed E-state index contributed by atoms with van der Waals surface area (Å²) >= 11 is 0. The fourth-order valence-corrected chi connectivity index (χ4v) is 2.79. The molecule has 0 spiro atoms. The second kappa shape index (κ2) is 6.93. The fourth-order valence-electron chi connectivity index (χ4n) is 2.62. The predicted octanol–water partition coefficient (Wildman–Crippen LogP) is 3.99. The molecule has 0 saturated heterocycles. The highest BCUT2D eigenvalue weighted by Crippen LogP contribution is 2.37. The first kappa shape index (κ1) is 15.8. The molecule has 0 amide bonds. The van der Waals surface area contributed by atoms with Crippen molar-refractivity contribution < 1.29 is 14.7 Å². The lowest BCUT2D eigenvalue weighted by molar-refractivity contribution is 0.335. The molecule has 0 aliphatic rings. The Morgan fingerprint density at radius 1 is 0.905 bits per heavy atom. The van der Waals surface area contributed by atoms with Crippen molar-refractivity contribution in [3.63, 3.8) is 0 Å². The topological polar surface area (TPSA) is 49.7 Å². The van der Waals surface area contributed by atoms with Crippen molar-refractivity contribution in [2.45, 2.75) is 25.2 Å². The van der Waals surface area contributed by atoms with Crippen LogP contribution < -0.4 is 0 Å². The number of aromatic hydroxyl groups is 2. The van der Waals surface area contributed by atoms with Gasteiger partial charge in [-0.15, -0.1) is 0 Å². The minimum atomic E-state index is -0.190. The van der Waals surface area contributed by atoms with Crippen LogP contribution in [-0.4, -0.2) is 16.8 Å². The maximum Gasteiger partial charge on any atom is 0.115 e. The minimum Gasteiger partial charge on any atom is -0.508 e. The van der Waals surface area contributed by atoms with E-state index in [0.29, 0.717) is 6.61 Å². The second-order valence-corrected chi connectivity index (χ2v) is 5.73. The zero-order chi connectivity index (χ0) is 15.3. The smallest absolute Gasteiger partial charge is 0.115 e. The normalized spacial score (nSPS) is 11.5. The Hall–Kier alpha value is -1.57. The van der Waals surface area contributed by atoms with Crippen molar-refractivity contribution in [2.75, 3.05) is 6.61 Å². The van der Waals surface area contributed by atoms with Crippen molar-refractivity contribution in [2.24, 2.45) is 0 Å². The van der Waals surface area contributed by atoms with E-state index in [1.807, 2.05) is 24.3 Å². The summed E-state index contributed by atoms with van der Waals surface area (Å²) in [5.74, 6) is 0.528. The fraction of sp³-hybridized carbons (Fsp3) is 0.294. The van der Waals surface area contributed by atoms with Crippen LogP contribution in [0.2, 0.25) is 0 Å². The molecule has 21 heavy (non-hydrogen) atoms. The summed E-state index contributed by atoms with van der Waals surface area (Å²) in [4.78, 5) is 0.